The second kappa shape index (κ2) is 6.12. The maximum absolute atomic E-state index is 5.87. The second-order valence-corrected chi connectivity index (χ2v) is 5.61. The number of nitrogen functional groups attached to an aromatic ring is 2. The van der Waals surface area contributed by atoms with Gasteiger partial charge in [0, 0.05) is 18.8 Å². The molecule has 102 valence electrons. The van der Waals surface area contributed by atoms with Crippen molar-refractivity contribution in [2.45, 2.75) is 19.3 Å². The van der Waals surface area contributed by atoms with Crippen LogP contribution in [0, 0.1) is 0 Å². The quantitative estimate of drug-likeness (QED) is 0.506. The van der Waals surface area contributed by atoms with Crippen LogP contribution in [0.5, 0.6) is 0 Å². The van der Waals surface area contributed by atoms with Gasteiger partial charge in [-0.15, -0.1) is 9.24 Å². The molecule has 0 spiro atoms. The third-order valence-electron chi connectivity index (χ3n) is 3.50. The lowest BCUT2D eigenvalue weighted by molar-refractivity contribution is 0.294. The van der Waals surface area contributed by atoms with Gasteiger partial charge in [-0.1, -0.05) is 12.7 Å². The second-order valence-electron chi connectivity index (χ2n) is 4.99. The van der Waals surface area contributed by atoms with Gasteiger partial charge in [0.2, 0.25) is 0 Å². The van der Waals surface area contributed by atoms with Gasteiger partial charge in [-0.25, -0.2) is 0 Å². The van der Waals surface area contributed by atoms with Crippen LogP contribution in [0.2, 0.25) is 0 Å². The van der Waals surface area contributed by atoms with Crippen molar-refractivity contribution in [2.24, 2.45) is 0 Å². The summed E-state index contributed by atoms with van der Waals surface area (Å²) in [6.45, 7) is 6.36. The average molecular weight is 275 g/mol. The Bertz CT molecular complexity index is 479. The molecule has 0 bridgehead atoms. The zero-order valence-electron chi connectivity index (χ0n) is 11.2. The number of nitrogens with two attached hydrogens (primary N) is 2. The number of anilines is 2. The van der Waals surface area contributed by atoms with E-state index in [1.165, 1.54) is 19.3 Å². The van der Waals surface area contributed by atoms with E-state index in [1.54, 1.807) is 0 Å². The van der Waals surface area contributed by atoms with Gasteiger partial charge in [-0.2, -0.15) is 0 Å². The highest BCUT2D eigenvalue weighted by molar-refractivity contribution is 7.28. The predicted molar refractivity (Wildman–Crippen MR) is 88.2 cm³/mol. The Morgan fingerprint density at radius 3 is 2.53 bits per heavy atom. The number of likely N-dealkylation sites (tertiary alicyclic amines) is 1. The Morgan fingerprint density at radius 1 is 1.21 bits per heavy atom. The molecule has 0 radical (unpaired) electrons. The van der Waals surface area contributed by atoms with Gasteiger partial charge in [-0.3, -0.25) is 0 Å². The fraction of sp³-hybridized carbons (Fsp3) is 0.333. The Kier molecular flexibility index (Phi) is 4.49. The van der Waals surface area contributed by atoms with Gasteiger partial charge in [0.15, 0.2) is 0 Å². The van der Waals surface area contributed by atoms with E-state index in [1.807, 2.05) is 18.2 Å². The predicted octanol–water partition coefficient (Wildman–Crippen LogP) is 2.36. The van der Waals surface area contributed by atoms with Crippen LogP contribution in [0.4, 0.5) is 11.4 Å². The molecule has 1 aromatic rings. The summed E-state index contributed by atoms with van der Waals surface area (Å²) in [5, 5.41) is 0.934. The third kappa shape index (κ3) is 3.51. The summed E-state index contributed by atoms with van der Waals surface area (Å²) in [7, 11) is 2.61. The molecule has 3 nitrogen and oxygen atoms in total. The van der Waals surface area contributed by atoms with Crippen LogP contribution in [0.15, 0.2) is 30.5 Å². The van der Waals surface area contributed by atoms with Crippen molar-refractivity contribution < 1.29 is 0 Å². The zero-order chi connectivity index (χ0) is 13.8. The Morgan fingerprint density at radius 2 is 1.89 bits per heavy atom. The van der Waals surface area contributed by atoms with Crippen LogP contribution < -0.4 is 16.8 Å². The number of rotatable bonds is 3. The fourth-order valence-corrected chi connectivity index (χ4v) is 2.66. The fourth-order valence-electron chi connectivity index (χ4n) is 2.30. The van der Waals surface area contributed by atoms with Gasteiger partial charge in [-0.05, 0) is 48.3 Å². The van der Waals surface area contributed by atoms with Crippen molar-refractivity contribution in [1.29, 1.82) is 0 Å². The summed E-state index contributed by atoms with van der Waals surface area (Å²) < 4.78 is 0. The SMILES string of the molecule is C=C(/C=C/c1cc(N)c(N)c(P)c1)N1CCCCC1. The molecule has 1 saturated heterocycles. The summed E-state index contributed by atoms with van der Waals surface area (Å²) in [6, 6.07) is 3.90. The van der Waals surface area contributed by atoms with Crippen molar-refractivity contribution in [3.05, 3.63) is 36.0 Å². The van der Waals surface area contributed by atoms with E-state index in [0.29, 0.717) is 11.4 Å². The molecule has 0 amide bonds. The average Bonchev–Trinajstić information content (AvgIpc) is 2.43. The monoisotopic (exact) mass is 275 g/mol. The highest BCUT2D eigenvalue weighted by Gasteiger charge is 2.09. The number of piperidine rings is 1. The molecule has 0 aromatic heterocycles. The van der Waals surface area contributed by atoms with E-state index in [9.17, 15) is 0 Å². The van der Waals surface area contributed by atoms with Crippen molar-refractivity contribution in [2.75, 3.05) is 24.6 Å². The van der Waals surface area contributed by atoms with E-state index in [4.69, 9.17) is 11.5 Å². The Labute approximate surface area is 117 Å². The van der Waals surface area contributed by atoms with Crippen LogP contribution in [0.1, 0.15) is 24.8 Å². The van der Waals surface area contributed by atoms with Crippen molar-refractivity contribution >= 4 is 32.0 Å². The molecule has 1 fully saturated rings. The molecule has 19 heavy (non-hydrogen) atoms. The maximum Gasteiger partial charge on any atom is 0.0620 e. The molecule has 2 rings (SSSR count). The molecule has 4 heteroatoms. The standard InChI is InChI=1S/C15H22N3P/c1-11(18-7-3-2-4-8-18)5-6-12-9-13(16)15(17)14(19)10-12/h5-6,9-10H,1-4,7-8,16-17,19H2/b6-5+. The topological polar surface area (TPSA) is 55.3 Å². The van der Waals surface area contributed by atoms with Crippen LogP contribution in [-0.4, -0.2) is 18.0 Å². The minimum Gasteiger partial charge on any atom is -0.397 e. The maximum atomic E-state index is 5.87. The highest BCUT2D eigenvalue weighted by atomic mass is 31.0. The number of allylic oxidation sites excluding steroid dienone is 1. The molecule has 1 aliphatic rings. The van der Waals surface area contributed by atoms with E-state index in [0.717, 1.165) is 29.7 Å². The van der Waals surface area contributed by atoms with E-state index in [-0.39, 0.29) is 0 Å². The van der Waals surface area contributed by atoms with Crippen molar-refractivity contribution in [1.82, 2.24) is 4.90 Å². The number of hydrogen-bond acceptors (Lipinski definition) is 3. The lowest BCUT2D eigenvalue weighted by Gasteiger charge is -2.28. The largest absolute Gasteiger partial charge is 0.397 e. The van der Waals surface area contributed by atoms with Gasteiger partial charge < -0.3 is 16.4 Å². The van der Waals surface area contributed by atoms with Crippen LogP contribution in [0.25, 0.3) is 6.08 Å². The van der Waals surface area contributed by atoms with Crippen LogP contribution in [0.3, 0.4) is 0 Å². The molecule has 0 aliphatic carbocycles. The lowest BCUT2D eigenvalue weighted by Crippen LogP contribution is -2.27. The first kappa shape index (κ1) is 14.0. The summed E-state index contributed by atoms with van der Waals surface area (Å²) in [5.41, 5.74) is 15.1. The molecule has 1 unspecified atom stereocenters. The summed E-state index contributed by atoms with van der Waals surface area (Å²) in [4.78, 5) is 2.34. The minimum absolute atomic E-state index is 0.621. The zero-order valence-corrected chi connectivity index (χ0v) is 12.4. The number of nitrogens with zero attached hydrogens (tertiary/aromatic N) is 1. The molecule has 1 atom stereocenters. The first-order chi connectivity index (χ1) is 9.08. The third-order valence-corrected chi connectivity index (χ3v) is 3.97. The molecule has 1 aromatic carbocycles. The smallest absolute Gasteiger partial charge is 0.0620 e. The normalized spacial score (nSPS) is 15.9. The summed E-state index contributed by atoms with van der Waals surface area (Å²) >= 11 is 0. The van der Waals surface area contributed by atoms with Gasteiger partial charge in [0.1, 0.15) is 0 Å². The van der Waals surface area contributed by atoms with Crippen molar-refractivity contribution in [3.63, 3.8) is 0 Å². The van der Waals surface area contributed by atoms with E-state index < -0.39 is 0 Å². The van der Waals surface area contributed by atoms with E-state index >= 15 is 0 Å². The summed E-state index contributed by atoms with van der Waals surface area (Å²) in [5.74, 6) is 0. The van der Waals surface area contributed by atoms with E-state index in [2.05, 4.69) is 26.8 Å². The molecular formula is C15H22N3P. The minimum atomic E-state index is 0.621. The van der Waals surface area contributed by atoms with Gasteiger partial charge in [0.25, 0.3) is 0 Å². The van der Waals surface area contributed by atoms with Crippen LogP contribution in [-0.2, 0) is 0 Å². The lowest BCUT2D eigenvalue weighted by atomic mass is 10.1. The van der Waals surface area contributed by atoms with Gasteiger partial charge >= 0.3 is 0 Å². The van der Waals surface area contributed by atoms with Crippen molar-refractivity contribution in [3.8, 4) is 0 Å². The van der Waals surface area contributed by atoms with Gasteiger partial charge in [0.05, 0.1) is 11.4 Å². The Balaban J connectivity index is 2.07. The number of benzene rings is 1. The molecule has 0 saturated carbocycles. The molecule has 1 heterocycles. The Hall–Kier alpha value is -1.47. The molecule has 1 aliphatic heterocycles. The molecule has 4 N–H and O–H groups in total. The summed E-state index contributed by atoms with van der Waals surface area (Å²) in [6.07, 6.45) is 7.95. The molecular weight excluding hydrogens is 253 g/mol. The first-order valence-electron chi connectivity index (χ1n) is 6.64. The first-order valence-corrected chi connectivity index (χ1v) is 7.22. The highest BCUT2D eigenvalue weighted by Crippen LogP contribution is 2.19. The van der Waals surface area contributed by atoms with Crippen LogP contribution >= 0.6 is 9.24 Å². The number of hydrogen-bond donors (Lipinski definition) is 2.